The van der Waals surface area contributed by atoms with E-state index in [-0.39, 0.29) is 21.4 Å². The molecule has 0 spiro atoms. The number of aliphatic carboxylic acids is 1. The zero-order chi connectivity index (χ0) is 14.9. The molecule has 6 atom stereocenters. The monoisotopic (exact) mass is 299 g/mol. The van der Waals surface area contributed by atoms with E-state index in [0.717, 1.165) is 4.38 Å². The molecule has 2 aliphatic rings. The number of ether oxygens (including phenoxy) is 2. The number of nitrogens with two attached hydrogens (primary N) is 1. The van der Waals surface area contributed by atoms with Crippen molar-refractivity contribution in [3.8, 4) is 0 Å². The Morgan fingerprint density at radius 1 is 1.65 bits per heavy atom. The predicted octanol–water partition coefficient (Wildman–Crippen LogP) is -2.30. The van der Waals surface area contributed by atoms with Gasteiger partial charge in [-0.1, -0.05) is 0 Å². The number of hydrogen-bond acceptors (Lipinski definition) is 6. The van der Waals surface area contributed by atoms with Crippen molar-refractivity contribution in [1.82, 2.24) is 0 Å². The van der Waals surface area contributed by atoms with Gasteiger partial charge in [0.05, 0.1) is 0 Å². The molecule has 1 fully saturated rings. The van der Waals surface area contributed by atoms with Gasteiger partial charge in [-0.05, 0) is 0 Å². The van der Waals surface area contributed by atoms with Crippen LogP contribution in [0, 0.1) is 0 Å². The molecule has 5 N–H and O–H groups in total. The second kappa shape index (κ2) is 6.45. The fourth-order valence-electron chi connectivity index (χ4n) is 2.29. The van der Waals surface area contributed by atoms with Crippen LogP contribution in [0.15, 0.2) is 11.0 Å². The maximum absolute atomic E-state index is 10.9. The number of carboxylic acids is 1. The van der Waals surface area contributed by atoms with Gasteiger partial charge in [0.25, 0.3) is 0 Å². The zero-order valence-electron chi connectivity index (χ0n) is 11.0. The van der Waals surface area contributed by atoms with E-state index in [1.54, 1.807) is 0 Å². The van der Waals surface area contributed by atoms with E-state index in [1.807, 2.05) is 11.0 Å². The number of carboxylic acid groups (broad SMARTS) is 1. The maximum atomic E-state index is 10.9. The van der Waals surface area contributed by atoms with Crippen LogP contribution in [0.1, 0.15) is 6.92 Å². The first-order valence-electron chi connectivity index (χ1n) is 6.42. The summed E-state index contributed by atoms with van der Waals surface area (Å²) in [4.78, 5) is 12.9. The van der Waals surface area contributed by atoms with Crippen LogP contribution in [-0.2, 0) is 14.3 Å². The van der Waals surface area contributed by atoms with Crippen LogP contribution in [0.3, 0.4) is 0 Å². The summed E-state index contributed by atoms with van der Waals surface area (Å²) in [5.41, 5.74) is 6.06. The predicted molar refractivity (Wildman–Crippen MR) is 71.6 cm³/mol. The van der Waals surface area contributed by atoms with Gasteiger partial charge in [-0.15, -0.1) is 0 Å². The second-order valence-corrected chi connectivity index (χ2v) is 6.34. The number of rotatable bonds is 5. The third-order valence-corrected chi connectivity index (χ3v) is 4.85. The summed E-state index contributed by atoms with van der Waals surface area (Å²) < 4.78 is 12.0. The molecule has 20 heavy (non-hydrogen) atoms. The summed E-state index contributed by atoms with van der Waals surface area (Å²) in [6.07, 6.45) is -2.50. The SMILES string of the molecule is C[C@@H](O[C@H]1[C@H](O)[C@@H](CO)OC([C]2=[Al][CH]=C2)[C@@H]1N)C(=O)O. The van der Waals surface area contributed by atoms with Gasteiger partial charge in [-0.25, -0.2) is 0 Å². The van der Waals surface area contributed by atoms with Gasteiger partial charge in [-0.3, -0.25) is 0 Å². The van der Waals surface area contributed by atoms with Crippen molar-refractivity contribution < 1.29 is 29.6 Å². The van der Waals surface area contributed by atoms with Crippen LogP contribution in [0.5, 0.6) is 0 Å². The molecule has 7 nitrogen and oxygen atoms in total. The Kier molecular flexibility index (Phi) is 5.10. The molecule has 2 rings (SSSR count). The number of carbonyl (C=O) groups is 1. The third-order valence-electron chi connectivity index (χ3n) is 3.56. The fraction of sp³-hybridized carbons (Fsp3) is 0.667. The van der Waals surface area contributed by atoms with Crippen LogP contribution in [0.4, 0.5) is 0 Å². The normalized spacial score (nSPS) is 37.6. The van der Waals surface area contributed by atoms with Crippen molar-refractivity contribution in [2.45, 2.75) is 43.5 Å². The van der Waals surface area contributed by atoms with E-state index in [1.165, 1.54) is 6.92 Å². The van der Waals surface area contributed by atoms with E-state index in [4.69, 9.17) is 20.3 Å². The van der Waals surface area contributed by atoms with Crippen LogP contribution in [0.2, 0.25) is 0 Å². The van der Waals surface area contributed by atoms with E-state index in [0.29, 0.717) is 0 Å². The molecular weight excluding hydrogens is 281 g/mol. The Hall–Kier alpha value is -0.588. The van der Waals surface area contributed by atoms with Crippen molar-refractivity contribution in [2.24, 2.45) is 5.73 Å². The summed E-state index contributed by atoms with van der Waals surface area (Å²) in [6, 6.07) is -0.665. The Morgan fingerprint density at radius 3 is 2.75 bits per heavy atom. The van der Waals surface area contributed by atoms with Crippen LogP contribution in [-0.4, -0.2) is 83.6 Å². The summed E-state index contributed by atoms with van der Waals surface area (Å²) in [7, 11) is 0. The molecule has 1 unspecified atom stereocenters. The second-order valence-electron chi connectivity index (χ2n) is 4.95. The molecule has 8 heteroatoms. The molecule has 0 aromatic rings. The summed E-state index contributed by atoms with van der Waals surface area (Å²) in [6.45, 7) is 1.000. The minimum atomic E-state index is -1.16. The summed E-state index contributed by atoms with van der Waals surface area (Å²) >= 11 is 0.00740. The zero-order valence-corrected chi connectivity index (χ0v) is 12.2. The molecule has 110 valence electrons. The number of aliphatic hydroxyl groups is 2. The van der Waals surface area contributed by atoms with E-state index in [2.05, 4.69) is 0 Å². The van der Waals surface area contributed by atoms with Gasteiger partial charge in [0.1, 0.15) is 0 Å². The van der Waals surface area contributed by atoms with Gasteiger partial charge in [0.2, 0.25) is 0 Å². The van der Waals surface area contributed by atoms with Gasteiger partial charge in [0, 0.05) is 0 Å². The van der Waals surface area contributed by atoms with Crippen molar-refractivity contribution in [2.75, 3.05) is 6.61 Å². The molecule has 0 amide bonds. The molecule has 0 aromatic heterocycles. The van der Waals surface area contributed by atoms with E-state index in [9.17, 15) is 15.0 Å². The summed E-state index contributed by atoms with van der Waals surface area (Å²) in [5, 5.41) is 28.3. The Labute approximate surface area is 122 Å². The minimum absolute atomic E-state index is 0.00740. The van der Waals surface area contributed by atoms with Crippen LogP contribution < -0.4 is 5.73 Å². The first-order valence-corrected chi connectivity index (χ1v) is 7.66. The molecule has 0 aromatic carbocycles. The van der Waals surface area contributed by atoms with Crippen LogP contribution >= 0.6 is 0 Å². The molecule has 0 radical (unpaired) electrons. The number of aliphatic hydroxyl groups excluding tert-OH is 2. The topological polar surface area (TPSA) is 122 Å². The average molecular weight is 299 g/mol. The Bertz CT molecular complexity index is 440. The third kappa shape index (κ3) is 3.02. The first kappa shape index (κ1) is 15.8. The fourth-order valence-corrected chi connectivity index (χ4v) is 3.19. The molecule has 0 bridgehead atoms. The molecule has 2 heterocycles. The Balaban J connectivity index is 2.15. The first-order chi connectivity index (χ1) is 9.45. The van der Waals surface area contributed by atoms with Gasteiger partial charge in [0.15, 0.2) is 0 Å². The van der Waals surface area contributed by atoms with Crippen molar-refractivity contribution >= 4 is 25.1 Å². The molecular formula is C12H18AlNO6. The quantitative estimate of drug-likeness (QED) is 0.421. The molecule has 1 saturated heterocycles. The standard InChI is InChI=1S/C12H18NO6.Al/c1-3-4-7-9(13)11(18-6(2)12(16)17)10(15)8(5-14)19-7;/h1,3,6-11,14-15H,5,13H2,2H3,(H,16,17);/t6-,7?,8-,9+,10-,11-;/m1./s1. The van der Waals surface area contributed by atoms with Crippen molar-refractivity contribution in [1.29, 1.82) is 0 Å². The van der Waals surface area contributed by atoms with E-state index >= 15 is 0 Å². The number of hydrogen-bond donors (Lipinski definition) is 4. The van der Waals surface area contributed by atoms with Gasteiger partial charge >= 0.3 is 122 Å². The average Bonchev–Trinajstić information content (AvgIpc) is 2.35. The molecule has 0 aliphatic carbocycles. The van der Waals surface area contributed by atoms with Gasteiger partial charge < -0.3 is 0 Å². The van der Waals surface area contributed by atoms with E-state index < -0.39 is 42.5 Å². The molecule has 2 aliphatic heterocycles. The van der Waals surface area contributed by atoms with Gasteiger partial charge in [-0.2, -0.15) is 0 Å². The Morgan fingerprint density at radius 2 is 2.30 bits per heavy atom. The van der Waals surface area contributed by atoms with Crippen LogP contribution in [0.25, 0.3) is 0 Å². The van der Waals surface area contributed by atoms with Crippen molar-refractivity contribution in [3.63, 3.8) is 0 Å². The summed E-state index contributed by atoms with van der Waals surface area (Å²) in [5.74, 6) is -1.13. The molecule has 0 saturated carbocycles. The van der Waals surface area contributed by atoms with Crippen molar-refractivity contribution in [3.05, 3.63) is 11.0 Å².